The highest BCUT2D eigenvalue weighted by Gasteiger charge is 2.39. The number of nitrogens with two attached hydrogens (primary N) is 1. The number of carboxylic acids is 1. The number of carbonyl (C=O) groups is 5. The molecule has 41 heavy (non-hydrogen) atoms. The maximum atomic E-state index is 13.5. The van der Waals surface area contributed by atoms with E-state index in [1.165, 1.54) is 17.4 Å². The van der Waals surface area contributed by atoms with Crippen molar-refractivity contribution in [1.29, 1.82) is 0 Å². The number of rotatable bonds is 15. The van der Waals surface area contributed by atoms with Crippen molar-refractivity contribution in [3.8, 4) is 0 Å². The second-order valence-corrected chi connectivity index (χ2v) is 11.7. The third-order valence-electron chi connectivity index (χ3n) is 7.57. The van der Waals surface area contributed by atoms with Gasteiger partial charge >= 0.3 is 5.97 Å². The molecular formula is C28H47N7O6. The highest BCUT2D eigenvalue weighted by atomic mass is 16.4. The molecule has 1 aromatic heterocycles. The molecule has 7 N–H and O–H groups in total. The van der Waals surface area contributed by atoms with Crippen LogP contribution in [0.5, 0.6) is 0 Å². The Bertz CT molecular complexity index is 1040. The monoisotopic (exact) mass is 577 g/mol. The van der Waals surface area contributed by atoms with Gasteiger partial charge in [0.1, 0.15) is 24.2 Å². The highest BCUT2D eigenvalue weighted by Crippen LogP contribution is 2.21. The Morgan fingerprint density at radius 3 is 2.27 bits per heavy atom. The normalized spacial score (nSPS) is 18.9. The third kappa shape index (κ3) is 9.55. The van der Waals surface area contributed by atoms with E-state index < -0.39 is 53.9 Å². The minimum absolute atomic E-state index is 0.00167. The van der Waals surface area contributed by atoms with Crippen molar-refractivity contribution < 1.29 is 29.1 Å². The molecule has 2 rings (SSSR count). The van der Waals surface area contributed by atoms with E-state index in [1.54, 1.807) is 0 Å². The van der Waals surface area contributed by atoms with Crippen LogP contribution in [0.15, 0.2) is 12.5 Å². The lowest BCUT2D eigenvalue weighted by Gasteiger charge is -2.31. The van der Waals surface area contributed by atoms with E-state index >= 15 is 0 Å². The number of carboxylic acid groups (broad SMARTS) is 1. The predicted octanol–water partition coefficient (Wildman–Crippen LogP) is 0.558. The van der Waals surface area contributed by atoms with Crippen LogP contribution in [0.4, 0.5) is 0 Å². The minimum Gasteiger partial charge on any atom is -0.480 e. The smallest absolute Gasteiger partial charge is 0.326 e. The van der Waals surface area contributed by atoms with Crippen LogP contribution in [0.3, 0.4) is 0 Å². The number of imidazole rings is 1. The Morgan fingerprint density at radius 2 is 1.73 bits per heavy atom. The SMILES string of the molecule is CC[C@H](C)[C@H](NC(=O)[C@@H]1CCCN1C(=O)[C@@H](N)C(C)C)C(=O)N[C@@H](CC(C)C)C(=O)N[C@@H](Cc1cnc[nH]1)C(=O)O. The lowest BCUT2D eigenvalue weighted by molar-refractivity contribution is -0.142. The number of hydrogen-bond acceptors (Lipinski definition) is 7. The summed E-state index contributed by atoms with van der Waals surface area (Å²) in [5, 5.41) is 17.8. The van der Waals surface area contributed by atoms with Gasteiger partial charge < -0.3 is 36.7 Å². The van der Waals surface area contributed by atoms with Gasteiger partial charge in [-0.1, -0.05) is 48.0 Å². The Labute approximate surface area is 241 Å². The predicted molar refractivity (Wildman–Crippen MR) is 152 cm³/mol. The molecule has 230 valence electrons. The van der Waals surface area contributed by atoms with E-state index in [0.717, 1.165) is 0 Å². The first-order valence-electron chi connectivity index (χ1n) is 14.4. The molecule has 13 heteroatoms. The second kappa shape index (κ2) is 15.5. The van der Waals surface area contributed by atoms with E-state index in [-0.39, 0.29) is 36.5 Å². The molecule has 0 spiro atoms. The molecule has 0 unspecified atom stereocenters. The lowest BCUT2D eigenvalue weighted by Crippen LogP contribution is -2.60. The van der Waals surface area contributed by atoms with E-state index in [4.69, 9.17) is 5.73 Å². The summed E-state index contributed by atoms with van der Waals surface area (Å²) in [6.45, 7) is 11.6. The molecular weight excluding hydrogens is 530 g/mol. The summed E-state index contributed by atoms with van der Waals surface area (Å²) in [7, 11) is 0. The van der Waals surface area contributed by atoms with Crippen LogP contribution >= 0.6 is 0 Å². The second-order valence-electron chi connectivity index (χ2n) is 11.7. The van der Waals surface area contributed by atoms with Gasteiger partial charge in [0.25, 0.3) is 0 Å². The molecule has 0 aliphatic carbocycles. The molecule has 6 atom stereocenters. The molecule has 1 aliphatic heterocycles. The van der Waals surface area contributed by atoms with Crippen LogP contribution in [-0.4, -0.2) is 86.3 Å². The fraction of sp³-hybridized carbons (Fsp3) is 0.714. The Kier molecular flexibility index (Phi) is 12.8. The Balaban J connectivity index is 2.18. The molecule has 1 aliphatic rings. The maximum absolute atomic E-state index is 13.5. The number of likely N-dealkylation sites (tertiary alicyclic amines) is 1. The molecule has 0 radical (unpaired) electrons. The number of amides is 4. The van der Waals surface area contributed by atoms with E-state index in [0.29, 0.717) is 31.5 Å². The molecule has 13 nitrogen and oxygen atoms in total. The lowest BCUT2D eigenvalue weighted by atomic mass is 9.96. The van der Waals surface area contributed by atoms with E-state index in [1.807, 2.05) is 41.5 Å². The van der Waals surface area contributed by atoms with Gasteiger partial charge in [-0.15, -0.1) is 0 Å². The number of aromatic nitrogens is 2. The first-order chi connectivity index (χ1) is 19.3. The summed E-state index contributed by atoms with van der Waals surface area (Å²) in [5.74, 6) is -3.51. The maximum Gasteiger partial charge on any atom is 0.326 e. The van der Waals surface area contributed by atoms with Crippen LogP contribution in [0.25, 0.3) is 0 Å². The molecule has 0 bridgehead atoms. The fourth-order valence-corrected chi connectivity index (χ4v) is 4.78. The minimum atomic E-state index is -1.23. The first-order valence-corrected chi connectivity index (χ1v) is 14.4. The zero-order chi connectivity index (χ0) is 30.9. The fourth-order valence-electron chi connectivity index (χ4n) is 4.78. The van der Waals surface area contributed by atoms with Gasteiger partial charge in [0.05, 0.1) is 12.4 Å². The van der Waals surface area contributed by atoms with Crippen LogP contribution in [0, 0.1) is 17.8 Å². The topological polar surface area (TPSA) is 200 Å². The van der Waals surface area contributed by atoms with Crippen LogP contribution in [0.1, 0.15) is 72.9 Å². The number of aromatic amines is 1. The van der Waals surface area contributed by atoms with Crippen molar-refractivity contribution in [1.82, 2.24) is 30.8 Å². The average molecular weight is 578 g/mol. The summed E-state index contributed by atoms with van der Waals surface area (Å²) >= 11 is 0. The molecule has 4 amide bonds. The van der Waals surface area contributed by atoms with Gasteiger partial charge in [-0.2, -0.15) is 0 Å². The van der Waals surface area contributed by atoms with Crippen molar-refractivity contribution in [3.05, 3.63) is 18.2 Å². The molecule has 0 aromatic carbocycles. The number of H-pyrrole nitrogens is 1. The first kappa shape index (κ1) is 33.7. The number of nitrogens with zero attached hydrogens (tertiary/aromatic N) is 2. The molecule has 2 heterocycles. The zero-order valence-electron chi connectivity index (χ0n) is 25.0. The average Bonchev–Trinajstić information content (AvgIpc) is 3.61. The van der Waals surface area contributed by atoms with E-state index in [2.05, 4.69) is 25.9 Å². The summed E-state index contributed by atoms with van der Waals surface area (Å²) in [4.78, 5) is 73.1. The van der Waals surface area contributed by atoms with Crippen LogP contribution in [0.2, 0.25) is 0 Å². The van der Waals surface area contributed by atoms with Crippen molar-refractivity contribution in [2.45, 2.75) is 104 Å². The molecule has 1 aromatic rings. The summed E-state index contributed by atoms with van der Waals surface area (Å²) in [6, 6.07) is -4.69. The zero-order valence-corrected chi connectivity index (χ0v) is 25.0. The van der Waals surface area contributed by atoms with Gasteiger partial charge in [0.2, 0.25) is 23.6 Å². The van der Waals surface area contributed by atoms with Gasteiger partial charge in [-0.25, -0.2) is 9.78 Å². The van der Waals surface area contributed by atoms with Crippen LogP contribution < -0.4 is 21.7 Å². The van der Waals surface area contributed by atoms with Crippen molar-refractivity contribution in [2.24, 2.45) is 23.5 Å². The van der Waals surface area contributed by atoms with E-state index in [9.17, 15) is 29.1 Å². The van der Waals surface area contributed by atoms with Crippen LogP contribution in [-0.2, 0) is 30.4 Å². The highest BCUT2D eigenvalue weighted by molar-refractivity contribution is 5.95. The third-order valence-corrected chi connectivity index (χ3v) is 7.57. The van der Waals surface area contributed by atoms with Gasteiger partial charge in [0.15, 0.2) is 0 Å². The quantitative estimate of drug-likeness (QED) is 0.174. The Morgan fingerprint density at radius 1 is 1.07 bits per heavy atom. The van der Waals surface area contributed by atoms with Crippen molar-refractivity contribution >= 4 is 29.6 Å². The standard InChI is InChI=1S/C28H47N7O6/c1-7-17(6)23(34-25(37)21-9-8-10-35(21)27(39)22(29)16(4)5)26(38)32-19(11-15(2)3)24(36)33-20(28(40)41)12-18-13-30-14-31-18/h13-17,19-23H,7-12,29H2,1-6H3,(H,30,31)(H,32,38)(H,33,36)(H,34,37)(H,40,41)/t17-,19-,20-,21-,22-,23-/m0/s1. The Hall–Kier alpha value is -3.48. The number of carbonyl (C=O) groups excluding carboxylic acids is 4. The molecule has 1 fully saturated rings. The molecule has 0 saturated carbocycles. The van der Waals surface area contributed by atoms with Gasteiger partial charge in [0, 0.05) is 24.9 Å². The van der Waals surface area contributed by atoms with Gasteiger partial charge in [-0.3, -0.25) is 19.2 Å². The largest absolute Gasteiger partial charge is 0.480 e. The summed E-state index contributed by atoms with van der Waals surface area (Å²) in [6.07, 6.45) is 4.82. The number of aliphatic carboxylic acids is 1. The number of hydrogen-bond donors (Lipinski definition) is 6. The van der Waals surface area contributed by atoms with Crippen molar-refractivity contribution in [2.75, 3.05) is 6.54 Å². The molecule has 1 saturated heterocycles. The van der Waals surface area contributed by atoms with Crippen molar-refractivity contribution in [3.63, 3.8) is 0 Å². The summed E-state index contributed by atoms with van der Waals surface area (Å²) < 4.78 is 0. The summed E-state index contributed by atoms with van der Waals surface area (Å²) in [5.41, 5.74) is 6.61. The van der Waals surface area contributed by atoms with Gasteiger partial charge in [-0.05, 0) is 37.0 Å². The number of nitrogens with one attached hydrogen (secondary N) is 4.